The Morgan fingerprint density at radius 1 is 0.739 bits per heavy atom. The summed E-state index contributed by atoms with van der Waals surface area (Å²) in [5.41, 5.74) is -7.76. The minimum atomic E-state index is -5.62. The van der Waals surface area contributed by atoms with E-state index in [4.69, 9.17) is 0 Å². The van der Waals surface area contributed by atoms with E-state index in [9.17, 15) is 44.6 Å². The van der Waals surface area contributed by atoms with Gasteiger partial charge in [0.2, 0.25) is 0 Å². The predicted octanol–water partition coefficient (Wildman–Crippen LogP) is 5.19. The molecule has 0 saturated heterocycles. The molecule has 1 aromatic rings. The van der Waals surface area contributed by atoms with Crippen molar-refractivity contribution in [1.82, 2.24) is 0 Å². The summed E-state index contributed by atoms with van der Waals surface area (Å²) >= 11 is 0. The summed E-state index contributed by atoms with van der Waals surface area (Å²) in [5.74, 6) is -0.686. The van der Waals surface area contributed by atoms with Gasteiger partial charge in [-0.2, -0.15) is 39.5 Å². The van der Waals surface area contributed by atoms with Crippen molar-refractivity contribution in [2.45, 2.75) is 37.5 Å². The highest BCUT2D eigenvalue weighted by atomic mass is 19.4. The molecule has 10 heteroatoms. The Balaban J connectivity index is 2.75. The maximum atomic E-state index is 12.9. The predicted molar refractivity (Wildman–Crippen MR) is 59.1 cm³/mol. The van der Waals surface area contributed by atoms with Crippen LogP contribution in [-0.2, 0) is 18.5 Å². The molecule has 1 nitrogen and oxygen atoms in total. The lowest BCUT2D eigenvalue weighted by Crippen LogP contribution is -2.22. The Hall–Kier alpha value is -1.45. The molecule has 0 spiro atoms. The summed E-state index contributed by atoms with van der Waals surface area (Å²) in [4.78, 5) is 0. The van der Waals surface area contributed by atoms with Gasteiger partial charge in [0.25, 0.3) is 0 Å². The second kappa shape index (κ2) is 5.29. The first-order valence-corrected chi connectivity index (χ1v) is 6.30. The van der Waals surface area contributed by atoms with Crippen molar-refractivity contribution < 1.29 is 44.6 Å². The monoisotopic (exact) mass is 352 g/mol. The van der Waals surface area contributed by atoms with Gasteiger partial charge in [-0.1, -0.05) is 0 Å². The summed E-state index contributed by atoms with van der Waals surface area (Å²) in [6.45, 7) is 0. The van der Waals surface area contributed by atoms with Crippen molar-refractivity contribution >= 4 is 0 Å². The lowest BCUT2D eigenvalue weighted by molar-refractivity contribution is -0.164. The minimum Gasteiger partial charge on any atom is -0.388 e. The van der Waals surface area contributed by atoms with Gasteiger partial charge in [0.1, 0.15) is 0 Å². The van der Waals surface area contributed by atoms with E-state index in [1.807, 2.05) is 0 Å². The first-order chi connectivity index (χ1) is 10.2. The number of hydrogen-bond acceptors (Lipinski definition) is 1. The Labute approximate surface area is 123 Å². The minimum absolute atomic E-state index is 0.241. The van der Waals surface area contributed by atoms with Crippen LogP contribution in [0.1, 0.15) is 41.2 Å². The average molecular weight is 352 g/mol. The molecular weight excluding hydrogens is 343 g/mol. The van der Waals surface area contributed by atoms with Gasteiger partial charge in [0.05, 0.1) is 22.8 Å². The highest BCUT2D eigenvalue weighted by Crippen LogP contribution is 2.49. The Bertz CT molecular complexity index is 593. The number of alkyl halides is 9. The normalized spacial score (nSPS) is 18.2. The molecule has 0 bridgehead atoms. The molecule has 1 N–H and O–H groups in total. The molecule has 1 aromatic carbocycles. The number of rotatable bonds is 2. The van der Waals surface area contributed by atoms with E-state index in [1.165, 1.54) is 0 Å². The van der Waals surface area contributed by atoms with Gasteiger partial charge < -0.3 is 5.11 Å². The maximum absolute atomic E-state index is 12.9. The van der Waals surface area contributed by atoms with E-state index in [-0.39, 0.29) is 6.07 Å². The van der Waals surface area contributed by atoms with E-state index in [0.717, 1.165) is 0 Å². The molecule has 0 radical (unpaired) electrons. The fourth-order valence-electron chi connectivity index (χ4n) is 2.24. The standard InChI is InChI=1S/C13H9F9O/c14-11(15,16)7-4-9(13(20,21)22)8(12(17,18)19)3-6(7)10(23)5-1-2-5/h3-5,10,23H,1-2H2. The molecule has 0 aromatic heterocycles. The van der Waals surface area contributed by atoms with Crippen LogP contribution in [0.25, 0.3) is 0 Å². The van der Waals surface area contributed by atoms with Gasteiger partial charge in [0.15, 0.2) is 0 Å². The summed E-state index contributed by atoms with van der Waals surface area (Å²) in [7, 11) is 0. The van der Waals surface area contributed by atoms with Gasteiger partial charge >= 0.3 is 18.5 Å². The van der Waals surface area contributed by atoms with Crippen LogP contribution in [0.2, 0.25) is 0 Å². The molecular formula is C13H9F9O. The van der Waals surface area contributed by atoms with Crippen molar-refractivity contribution in [3.63, 3.8) is 0 Å². The molecule has 0 amide bonds. The summed E-state index contributed by atoms with van der Waals surface area (Å²) < 4.78 is 115. The van der Waals surface area contributed by atoms with Crippen LogP contribution in [-0.4, -0.2) is 5.11 Å². The molecule has 130 valence electrons. The maximum Gasteiger partial charge on any atom is 0.417 e. The third-order valence-corrected chi connectivity index (χ3v) is 3.49. The smallest absolute Gasteiger partial charge is 0.388 e. The zero-order chi connectivity index (χ0) is 17.8. The van der Waals surface area contributed by atoms with E-state index in [0.29, 0.717) is 12.8 Å². The first-order valence-electron chi connectivity index (χ1n) is 6.30. The molecule has 2 rings (SSSR count). The number of aliphatic hydroxyl groups excluding tert-OH is 1. The molecule has 1 saturated carbocycles. The van der Waals surface area contributed by atoms with Gasteiger partial charge in [-0.3, -0.25) is 0 Å². The summed E-state index contributed by atoms with van der Waals surface area (Å²) in [5, 5.41) is 9.74. The zero-order valence-electron chi connectivity index (χ0n) is 11.1. The third kappa shape index (κ3) is 3.73. The molecule has 0 aliphatic heterocycles. The van der Waals surface area contributed by atoms with Crippen molar-refractivity contribution in [1.29, 1.82) is 0 Å². The van der Waals surface area contributed by atoms with Crippen LogP contribution in [0.15, 0.2) is 12.1 Å². The number of benzene rings is 1. The van der Waals surface area contributed by atoms with Gasteiger partial charge in [-0.05, 0) is 36.5 Å². The van der Waals surface area contributed by atoms with E-state index >= 15 is 0 Å². The van der Waals surface area contributed by atoms with E-state index in [2.05, 4.69) is 0 Å². The molecule has 1 atom stereocenters. The quantitative estimate of drug-likeness (QED) is 0.727. The zero-order valence-corrected chi connectivity index (χ0v) is 11.1. The number of hydrogen-bond donors (Lipinski definition) is 1. The van der Waals surface area contributed by atoms with Gasteiger partial charge in [0, 0.05) is 0 Å². The van der Waals surface area contributed by atoms with Crippen LogP contribution in [0.3, 0.4) is 0 Å². The SMILES string of the molecule is OC(c1cc(C(F)(F)F)c(C(F)(F)F)cc1C(F)(F)F)C1CC1. The molecule has 1 fully saturated rings. The van der Waals surface area contributed by atoms with Crippen molar-refractivity contribution in [2.24, 2.45) is 5.92 Å². The van der Waals surface area contributed by atoms with E-state index < -0.39 is 58.9 Å². The van der Waals surface area contributed by atoms with E-state index in [1.54, 1.807) is 0 Å². The Morgan fingerprint density at radius 2 is 1.13 bits per heavy atom. The highest BCUT2D eigenvalue weighted by molar-refractivity contribution is 5.44. The summed E-state index contributed by atoms with van der Waals surface area (Å²) in [6.07, 6.45) is -17.8. The molecule has 1 unspecified atom stereocenters. The lowest BCUT2D eigenvalue weighted by Gasteiger charge is -2.23. The third-order valence-electron chi connectivity index (χ3n) is 3.49. The topological polar surface area (TPSA) is 20.2 Å². The lowest BCUT2D eigenvalue weighted by atomic mass is 9.92. The number of aliphatic hydroxyl groups is 1. The van der Waals surface area contributed by atoms with Crippen molar-refractivity contribution in [2.75, 3.05) is 0 Å². The van der Waals surface area contributed by atoms with Crippen LogP contribution in [0, 0.1) is 5.92 Å². The van der Waals surface area contributed by atoms with Gasteiger partial charge in [-0.25, -0.2) is 0 Å². The highest BCUT2D eigenvalue weighted by Gasteiger charge is 2.48. The first kappa shape index (κ1) is 17.9. The molecule has 1 aliphatic carbocycles. The summed E-state index contributed by atoms with van der Waals surface area (Å²) in [6, 6.07) is -0.821. The van der Waals surface area contributed by atoms with Crippen LogP contribution in [0.4, 0.5) is 39.5 Å². The second-order valence-corrected chi connectivity index (χ2v) is 5.26. The molecule has 1 aliphatic rings. The average Bonchev–Trinajstić information content (AvgIpc) is 3.17. The van der Waals surface area contributed by atoms with Crippen molar-refractivity contribution in [3.05, 3.63) is 34.4 Å². The van der Waals surface area contributed by atoms with Crippen LogP contribution < -0.4 is 0 Å². The Morgan fingerprint density at radius 3 is 1.48 bits per heavy atom. The molecule has 23 heavy (non-hydrogen) atoms. The van der Waals surface area contributed by atoms with Crippen LogP contribution in [0.5, 0.6) is 0 Å². The largest absolute Gasteiger partial charge is 0.417 e. The van der Waals surface area contributed by atoms with Gasteiger partial charge in [-0.15, -0.1) is 0 Å². The van der Waals surface area contributed by atoms with Crippen LogP contribution >= 0.6 is 0 Å². The molecule has 0 heterocycles. The van der Waals surface area contributed by atoms with Crippen molar-refractivity contribution in [3.8, 4) is 0 Å². The second-order valence-electron chi connectivity index (χ2n) is 5.26. The fourth-order valence-corrected chi connectivity index (χ4v) is 2.24. The number of halogens is 9. The fraction of sp³-hybridized carbons (Fsp3) is 0.538. The Kier molecular flexibility index (Phi) is 4.11.